The predicted molar refractivity (Wildman–Crippen MR) is 103 cm³/mol. The fraction of sp³-hybridized carbons (Fsp3) is 0.158. The third kappa shape index (κ3) is 5.95. The van der Waals surface area contributed by atoms with Crippen molar-refractivity contribution in [2.45, 2.75) is 6.18 Å². The van der Waals surface area contributed by atoms with Gasteiger partial charge in [0.2, 0.25) is 0 Å². The van der Waals surface area contributed by atoms with Gasteiger partial charge in [0, 0.05) is 0 Å². The fourth-order valence-corrected chi connectivity index (χ4v) is 2.61. The summed E-state index contributed by atoms with van der Waals surface area (Å²) in [6.07, 6.45) is -2.18. The van der Waals surface area contributed by atoms with Crippen molar-refractivity contribution in [2.24, 2.45) is 0 Å². The van der Waals surface area contributed by atoms with E-state index in [1.54, 1.807) is 24.3 Å². The summed E-state index contributed by atoms with van der Waals surface area (Å²) < 4.78 is 50.3. The number of esters is 1. The maximum atomic E-state index is 13.0. The molecule has 0 aliphatic heterocycles. The number of benzene rings is 2. The molecule has 0 bridgehead atoms. The second-order valence-corrected chi connectivity index (χ2v) is 6.40. The van der Waals surface area contributed by atoms with Gasteiger partial charge < -0.3 is 14.8 Å². The monoisotopic (exact) mass is 454 g/mol. The van der Waals surface area contributed by atoms with E-state index in [1.165, 1.54) is 17.3 Å². The van der Waals surface area contributed by atoms with E-state index in [9.17, 15) is 22.8 Å². The smallest absolute Gasteiger partial charge is 0.416 e. The number of amides is 1. The molecule has 0 saturated carbocycles. The zero-order valence-electron chi connectivity index (χ0n) is 15.6. The highest BCUT2D eigenvalue weighted by Crippen LogP contribution is 2.33. The molecule has 0 aliphatic rings. The Morgan fingerprint density at radius 1 is 1.13 bits per heavy atom. The van der Waals surface area contributed by atoms with Crippen LogP contribution in [-0.4, -0.2) is 39.9 Å². The fourth-order valence-electron chi connectivity index (χ4n) is 2.42. The molecule has 0 spiro atoms. The topological polar surface area (TPSA) is 95.3 Å². The van der Waals surface area contributed by atoms with Crippen molar-refractivity contribution in [1.82, 2.24) is 14.8 Å². The Labute approximate surface area is 178 Å². The second-order valence-electron chi connectivity index (χ2n) is 6.00. The largest absolute Gasteiger partial charge is 0.480 e. The normalized spacial score (nSPS) is 11.1. The number of ether oxygens (including phenoxy) is 2. The van der Waals surface area contributed by atoms with Gasteiger partial charge in [-0.3, -0.25) is 4.79 Å². The highest BCUT2D eigenvalue weighted by Gasteiger charge is 2.31. The van der Waals surface area contributed by atoms with Crippen LogP contribution in [0, 0.1) is 0 Å². The van der Waals surface area contributed by atoms with Crippen LogP contribution in [0.1, 0.15) is 5.56 Å². The number of rotatable bonds is 7. The summed E-state index contributed by atoms with van der Waals surface area (Å²) in [6, 6.07) is 9.17. The van der Waals surface area contributed by atoms with Crippen LogP contribution in [0.25, 0.3) is 5.69 Å². The number of carbonyl (C=O) groups is 2. The number of nitrogens with zero attached hydrogens (tertiary/aromatic N) is 3. The number of hydrogen-bond acceptors (Lipinski definition) is 6. The van der Waals surface area contributed by atoms with Crippen molar-refractivity contribution in [3.63, 3.8) is 0 Å². The number of alkyl halides is 3. The van der Waals surface area contributed by atoms with Crippen LogP contribution in [0.4, 0.5) is 18.9 Å². The standard InChI is InChI=1S/C19H14ClF3N4O4/c20-13-3-1-2-4-16(13)30-9-18(29)31-8-17(28)26-14-7-12(19(21,22)23)5-6-15(14)27-11-24-10-25-27/h1-7,10-11H,8-9H2,(H,26,28). The molecule has 0 aliphatic carbocycles. The van der Waals surface area contributed by atoms with E-state index in [1.807, 2.05) is 0 Å². The van der Waals surface area contributed by atoms with E-state index >= 15 is 0 Å². The first-order valence-electron chi connectivity index (χ1n) is 8.63. The molecule has 1 heterocycles. The molecule has 12 heteroatoms. The number of hydrogen-bond donors (Lipinski definition) is 1. The van der Waals surface area contributed by atoms with Crippen molar-refractivity contribution in [3.05, 3.63) is 65.7 Å². The Bertz CT molecular complexity index is 1070. The first-order valence-corrected chi connectivity index (χ1v) is 9.01. The third-order valence-corrected chi connectivity index (χ3v) is 4.12. The molecule has 0 unspecified atom stereocenters. The maximum Gasteiger partial charge on any atom is 0.416 e. The molecule has 0 radical (unpaired) electrons. The number of carbonyl (C=O) groups excluding carboxylic acids is 2. The summed E-state index contributed by atoms with van der Waals surface area (Å²) in [5, 5.41) is 6.41. The van der Waals surface area contributed by atoms with Gasteiger partial charge in [0.1, 0.15) is 18.4 Å². The Morgan fingerprint density at radius 2 is 1.90 bits per heavy atom. The van der Waals surface area contributed by atoms with Crippen molar-refractivity contribution < 1.29 is 32.2 Å². The molecular weight excluding hydrogens is 441 g/mol. The molecule has 8 nitrogen and oxygen atoms in total. The van der Waals surface area contributed by atoms with E-state index in [2.05, 4.69) is 15.4 Å². The van der Waals surface area contributed by atoms with Crippen LogP contribution >= 0.6 is 11.6 Å². The van der Waals surface area contributed by atoms with Gasteiger partial charge in [0.25, 0.3) is 5.91 Å². The van der Waals surface area contributed by atoms with Crippen LogP contribution in [0.3, 0.4) is 0 Å². The summed E-state index contributed by atoms with van der Waals surface area (Å²) in [5.41, 5.74) is -1.02. The highest BCUT2D eigenvalue weighted by molar-refractivity contribution is 6.32. The molecule has 1 N–H and O–H groups in total. The van der Waals surface area contributed by atoms with Crippen LogP contribution < -0.4 is 10.1 Å². The van der Waals surface area contributed by atoms with Gasteiger partial charge in [-0.2, -0.15) is 18.3 Å². The van der Waals surface area contributed by atoms with Gasteiger partial charge in [0.05, 0.1) is 22.0 Å². The summed E-state index contributed by atoms with van der Waals surface area (Å²) in [5.74, 6) is -1.46. The van der Waals surface area contributed by atoms with Crippen LogP contribution in [0.2, 0.25) is 5.02 Å². The molecule has 3 aromatic rings. The average Bonchev–Trinajstić information content (AvgIpc) is 3.25. The molecule has 162 valence electrons. The summed E-state index contributed by atoms with van der Waals surface area (Å²) in [6.45, 7) is -1.25. The zero-order valence-corrected chi connectivity index (χ0v) is 16.4. The maximum absolute atomic E-state index is 13.0. The molecule has 31 heavy (non-hydrogen) atoms. The first kappa shape index (κ1) is 22.1. The van der Waals surface area contributed by atoms with Crippen molar-refractivity contribution in [3.8, 4) is 11.4 Å². The molecule has 3 rings (SSSR count). The minimum Gasteiger partial charge on any atom is -0.480 e. The predicted octanol–water partition coefficient (Wildman–Crippen LogP) is 3.50. The van der Waals surface area contributed by atoms with Gasteiger partial charge in [-0.05, 0) is 30.3 Å². The number of halogens is 4. The number of anilines is 1. The van der Waals surface area contributed by atoms with E-state index in [-0.39, 0.29) is 17.1 Å². The van der Waals surface area contributed by atoms with Gasteiger partial charge in [-0.25, -0.2) is 14.5 Å². The van der Waals surface area contributed by atoms with E-state index in [4.69, 9.17) is 21.1 Å². The Hall–Kier alpha value is -3.60. The molecule has 0 fully saturated rings. The quantitative estimate of drug-likeness (QED) is 0.549. The van der Waals surface area contributed by atoms with Gasteiger partial charge in [0.15, 0.2) is 13.2 Å². The molecule has 1 amide bonds. The van der Waals surface area contributed by atoms with Gasteiger partial charge in [-0.1, -0.05) is 23.7 Å². The van der Waals surface area contributed by atoms with Crippen LogP contribution in [0.15, 0.2) is 55.1 Å². The van der Waals surface area contributed by atoms with Crippen LogP contribution in [0.5, 0.6) is 5.75 Å². The summed E-state index contributed by atoms with van der Waals surface area (Å²) >= 11 is 5.89. The highest BCUT2D eigenvalue weighted by atomic mass is 35.5. The van der Waals surface area contributed by atoms with Crippen molar-refractivity contribution >= 4 is 29.2 Å². The lowest BCUT2D eigenvalue weighted by atomic mass is 10.1. The molecular formula is C19H14ClF3N4O4. The minimum atomic E-state index is -4.62. The molecule has 0 saturated heterocycles. The average molecular weight is 455 g/mol. The van der Waals surface area contributed by atoms with Crippen molar-refractivity contribution in [1.29, 1.82) is 0 Å². The Morgan fingerprint density at radius 3 is 2.58 bits per heavy atom. The number of para-hydroxylation sites is 1. The lowest BCUT2D eigenvalue weighted by molar-refractivity contribution is -0.149. The van der Waals surface area contributed by atoms with E-state index < -0.39 is 36.8 Å². The van der Waals surface area contributed by atoms with Crippen LogP contribution in [-0.2, 0) is 20.5 Å². The van der Waals surface area contributed by atoms with Crippen molar-refractivity contribution in [2.75, 3.05) is 18.5 Å². The Kier molecular flexibility index (Phi) is 6.75. The minimum absolute atomic E-state index is 0.146. The SMILES string of the molecule is O=C(COC(=O)COc1ccccc1Cl)Nc1cc(C(F)(F)F)ccc1-n1cncn1. The Balaban J connectivity index is 1.63. The van der Waals surface area contributed by atoms with E-state index in [0.29, 0.717) is 5.02 Å². The second kappa shape index (κ2) is 9.47. The van der Waals surface area contributed by atoms with Gasteiger partial charge in [-0.15, -0.1) is 0 Å². The molecule has 0 atom stereocenters. The lowest BCUT2D eigenvalue weighted by Crippen LogP contribution is -2.24. The number of nitrogens with one attached hydrogen (secondary N) is 1. The summed E-state index contributed by atoms with van der Waals surface area (Å²) in [7, 11) is 0. The number of aromatic nitrogens is 3. The van der Waals surface area contributed by atoms with Gasteiger partial charge >= 0.3 is 12.1 Å². The third-order valence-electron chi connectivity index (χ3n) is 3.81. The lowest BCUT2D eigenvalue weighted by Gasteiger charge is -2.14. The van der Waals surface area contributed by atoms with E-state index in [0.717, 1.165) is 18.2 Å². The zero-order chi connectivity index (χ0) is 22.4. The molecule has 1 aromatic heterocycles. The summed E-state index contributed by atoms with van der Waals surface area (Å²) in [4.78, 5) is 27.7. The first-order chi connectivity index (χ1) is 14.7. The molecule has 2 aromatic carbocycles.